The molecule has 0 N–H and O–H groups in total. The van der Waals surface area contributed by atoms with Crippen LogP contribution in [-0.2, 0) is 4.79 Å². The molecule has 26 heavy (non-hydrogen) atoms. The number of benzene rings is 1. The summed E-state index contributed by atoms with van der Waals surface area (Å²) in [5.74, 6) is 2.19. The van der Waals surface area contributed by atoms with E-state index in [4.69, 9.17) is 9.26 Å². The molecule has 2 heterocycles. The van der Waals surface area contributed by atoms with E-state index in [0.29, 0.717) is 17.5 Å². The highest BCUT2D eigenvalue weighted by molar-refractivity contribution is 5.79. The predicted molar refractivity (Wildman–Crippen MR) is 96.5 cm³/mol. The largest absolute Gasteiger partial charge is 0.496 e. The molecule has 2 aliphatic rings. The molecule has 1 aliphatic heterocycles. The monoisotopic (exact) mass is 355 g/mol. The molecule has 0 bridgehead atoms. The number of carbonyl (C=O) groups is 1. The Morgan fingerprint density at radius 2 is 1.96 bits per heavy atom. The number of methoxy groups -OCH3 is 1. The first-order valence-corrected chi connectivity index (χ1v) is 9.55. The Morgan fingerprint density at radius 1 is 1.15 bits per heavy atom. The molecule has 2 fully saturated rings. The fourth-order valence-electron chi connectivity index (χ4n) is 4.18. The van der Waals surface area contributed by atoms with E-state index in [1.807, 2.05) is 29.2 Å². The summed E-state index contributed by atoms with van der Waals surface area (Å²) in [5.41, 5.74) is 0.799. The van der Waals surface area contributed by atoms with Gasteiger partial charge in [0, 0.05) is 12.5 Å². The van der Waals surface area contributed by atoms with Crippen LogP contribution < -0.4 is 4.74 Å². The molecule has 6 nitrogen and oxygen atoms in total. The maximum absolute atomic E-state index is 13.0. The zero-order valence-corrected chi connectivity index (χ0v) is 15.2. The van der Waals surface area contributed by atoms with Gasteiger partial charge in [0.05, 0.1) is 12.7 Å². The zero-order chi connectivity index (χ0) is 17.9. The quantitative estimate of drug-likeness (QED) is 0.829. The Bertz CT molecular complexity index is 767. The SMILES string of the molecule is COc1ccccc1-c1noc([C@@H]2CCCN2C(=O)C2CCCCC2)n1. The number of para-hydroxylation sites is 1. The summed E-state index contributed by atoms with van der Waals surface area (Å²) in [5, 5.41) is 4.14. The molecule has 2 aromatic rings. The Hall–Kier alpha value is -2.37. The molecule has 6 heteroatoms. The average Bonchev–Trinajstić information content (AvgIpc) is 3.37. The lowest BCUT2D eigenvalue weighted by Crippen LogP contribution is -2.36. The second kappa shape index (κ2) is 7.48. The van der Waals surface area contributed by atoms with Crippen molar-refractivity contribution in [1.82, 2.24) is 15.0 Å². The third-order valence-corrected chi connectivity index (χ3v) is 5.56. The van der Waals surface area contributed by atoms with Crippen molar-refractivity contribution in [1.29, 1.82) is 0 Å². The average molecular weight is 355 g/mol. The summed E-state index contributed by atoms with van der Waals surface area (Å²) in [7, 11) is 1.63. The molecular formula is C20H25N3O3. The fourth-order valence-corrected chi connectivity index (χ4v) is 4.18. The van der Waals surface area contributed by atoms with Gasteiger partial charge in [0.1, 0.15) is 11.8 Å². The lowest BCUT2D eigenvalue weighted by molar-refractivity contribution is -0.138. The van der Waals surface area contributed by atoms with Crippen molar-refractivity contribution in [3.63, 3.8) is 0 Å². The minimum absolute atomic E-state index is 0.0969. The van der Waals surface area contributed by atoms with Crippen molar-refractivity contribution < 1.29 is 14.1 Å². The van der Waals surface area contributed by atoms with Gasteiger partial charge in [-0.15, -0.1) is 0 Å². The van der Waals surface area contributed by atoms with Gasteiger partial charge >= 0.3 is 0 Å². The van der Waals surface area contributed by atoms with Gasteiger partial charge in [-0.25, -0.2) is 0 Å². The Balaban J connectivity index is 1.55. The van der Waals surface area contributed by atoms with Crippen LogP contribution in [0.4, 0.5) is 0 Å². The van der Waals surface area contributed by atoms with Gasteiger partial charge in [-0.2, -0.15) is 4.98 Å². The first-order valence-electron chi connectivity index (χ1n) is 9.55. The summed E-state index contributed by atoms with van der Waals surface area (Å²) in [6, 6.07) is 7.51. The number of likely N-dealkylation sites (tertiary alicyclic amines) is 1. The number of amides is 1. The van der Waals surface area contributed by atoms with Crippen molar-refractivity contribution in [2.45, 2.75) is 51.0 Å². The molecule has 4 rings (SSSR count). The van der Waals surface area contributed by atoms with Gasteiger partial charge in [0.15, 0.2) is 0 Å². The molecular weight excluding hydrogens is 330 g/mol. The minimum Gasteiger partial charge on any atom is -0.496 e. The lowest BCUT2D eigenvalue weighted by Gasteiger charge is -2.29. The highest BCUT2D eigenvalue weighted by Gasteiger charge is 2.37. The molecule has 0 spiro atoms. The zero-order valence-electron chi connectivity index (χ0n) is 15.2. The standard InChI is InChI=1S/C20H25N3O3/c1-25-17-12-6-5-10-15(17)18-21-19(26-22-18)16-11-7-13-23(16)20(24)14-8-3-2-4-9-14/h5-6,10,12,14,16H,2-4,7-9,11,13H2,1H3/t16-/m0/s1. The van der Waals surface area contributed by atoms with Gasteiger partial charge in [0.25, 0.3) is 0 Å². The fraction of sp³-hybridized carbons (Fsp3) is 0.550. The first-order chi connectivity index (χ1) is 12.8. The molecule has 1 atom stereocenters. The van der Waals surface area contributed by atoms with Crippen LogP contribution in [0.25, 0.3) is 11.4 Å². The highest BCUT2D eigenvalue weighted by Crippen LogP contribution is 2.36. The van der Waals surface area contributed by atoms with E-state index in [9.17, 15) is 4.79 Å². The second-order valence-corrected chi connectivity index (χ2v) is 7.18. The maximum atomic E-state index is 13.0. The van der Waals surface area contributed by atoms with E-state index in [1.165, 1.54) is 6.42 Å². The van der Waals surface area contributed by atoms with E-state index in [0.717, 1.165) is 50.6 Å². The van der Waals surface area contributed by atoms with Gasteiger partial charge < -0.3 is 14.2 Å². The minimum atomic E-state index is -0.0969. The van der Waals surface area contributed by atoms with Crippen LogP contribution in [0.3, 0.4) is 0 Å². The number of hydrogen-bond acceptors (Lipinski definition) is 5. The van der Waals surface area contributed by atoms with E-state index in [1.54, 1.807) is 7.11 Å². The van der Waals surface area contributed by atoms with Crippen molar-refractivity contribution in [2.75, 3.05) is 13.7 Å². The van der Waals surface area contributed by atoms with Crippen LogP contribution in [0.15, 0.2) is 28.8 Å². The molecule has 0 radical (unpaired) electrons. The van der Waals surface area contributed by atoms with E-state index < -0.39 is 0 Å². The highest BCUT2D eigenvalue weighted by atomic mass is 16.5. The smallest absolute Gasteiger partial charge is 0.249 e. The van der Waals surface area contributed by atoms with Crippen LogP contribution in [0.5, 0.6) is 5.75 Å². The lowest BCUT2D eigenvalue weighted by atomic mass is 9.88. The van der Waals surface area contributed by atoms with Crippen molar-refractivity contribution in [2.24, 2.45) is 5.92 Å². The summed E-state index contributed by atoms with van der Waals surface area (Å²) < 4.78 is 10.9. The third-order valence-electron chi connectivity index (χ3n) is 5.56. The van der Waals surface area contributed by atoms with Crippen molar-refractivity contribution in [3.05, 3.63) is 30.2 Å². The van der Waals surface area contributed by atoms with Crippen LogP contribution >= 0.6 is 0 Å². The second-order valence-electron chi connectivity index (χ2n) is 7.18. The summed E-state index contributed by atoms with van der Waals surface area (Å²) >= 11 is 0. The number of nitrogens with zero attached hydrogens (tertiary/aromatic N) is 3. The maximum Gasteiger partial charge on any atom is 0.249 e. The molecule has 1 amide bonds. The van der Waals surface area contributed by atoms with Gasteiger partial charge in [-0.05, 0) is 37.8 Å². The molecule has 1 saturated heterocycles. The number of ether oxygens (including phenoxy) is 1. The number of rotatable bonds is 4. The molecule has 0 unspecified atom stereocenters. The Kier molecular flexibility index (Phi) is 4.91. The van der Waals surface area contributed by atoms with Crippen LogP contribution in [0.2, 0.25) is 0 Å². The molecule has 138 valence electrons. The van der Waals surface area contributed by atoms with E-state index in [-0.39, 0.29) is 17.9 Å². The Morgan fingerprint density at radius 3 is 2.77 bits per heavy atom. The summed E-state index contributed by atoms with van der Waals surface area (Å²) in [6.07, 6.45) is 7.46. The van der Waals surface area contributed by atoms with Crippen LogP contribution in [0, 0.1) is 5.92 Å². The molecule has 1 saturated carbocycles. The number of carbonyl (C=O) groups excluding carboxylic acids is 1. The summed E-state index contributed by atoms with van der Waals surface area (Å²) in [4.78, 5) is 19.5. The number of aromatic nitrogens is 2. The number of hydrogen-bond donors (Lipinski definition) is 0. The summed E-state index contributed by atoms with van der Waals surface area (Å²) in [6.45, 7) is 0.784. The van der Waals surface area contributed by atoms with Crippen LogP contribution in [0.1, 0.15) is 56.9 Å². The molecule has 1 aliphatic carbocycles. The predicted octanol–water partition coefficient (Wildman–Crippen LogP) is 3.99. The van der Waals surface area contributed by atoms with Crippen molar-refractivity contribution >= 4 is 5.91 Å². The third kappa shape index (κ3) is 3.20. The Labute approximate surface area is 153 Å². The van der Waals surface area contributed by atoms with E-state index in [2.05, 4.69) is 10.1 Å². The topological polar surface area (TPSA) is 68.5 Å². The molecule has 1 aromatic carbocycles. The van der Waals surface area contributed by atoms with Crippen molar-refractivity contribution in [3.8, 4) is 17.1 Å². The first kappa shape index (κ1) is 17.1. The van der Waals surface area contributed by atoms with E-state index >= 15 is 0 Å². The van der Waals surface area contributed by atoms with Gasteiger partial charge in [-0.1, -0.05) is 36.6 Å². The normalized spacial score (nSPS) is 21.1. The molecule has 1 aromatic heterocycles. The van der Waals surface area contributed by atoms with Gasteiger partial charge in [-0.3, -0.25) is 4.79 Å². The van der Waals surface area contributed by atoms with Gasteiger partial charge in [0.2, 0.25) is 17.6 Å². The van der Waals surface area contributed by atoms with Crippen LogP contribution in [-0.4, -0.2) is 34.6 Å².